The Morgan fingerprint density at radius 3 is 2.21 bits per heavy atom. The lowest BCUT2D eigenvalue weighted by Gasteiger charge is -2.26. The molecular formula is C26H30N2O4S. The highest BCUT2D eigenvalue weighted by Crippen LogP contribution is 2.32. The van der Waals surface area contributed by atoms with Crippen LogP contribution in [0.5, 0.6) is 5.75 Å². The van der Waals surface area contributed by atoms with Gasteiger partial charge in [-0.2, -0.15) is 0 Å². The van der Waals surface area contributed by atoms with E-state index in [2.05, 4.69) is 12.2 Å². The molecule has 6 nitrogen and oxygen atoms in total. The first-order chi connectivity index (χ1) is 15.9. The third-order valence-electron chi connectivity index (χ3n) is 5.32. The molecular weight excluding hydrogens is 436 g/mol. The Bertz CT molecular complexity index is 1160. The molecule has 7 heteroatoms. The third-order valence-corrected chi connectivity index (χ3v) is 7.09. The minimum atomic E-state index is -4.01. The van der Waals surface area contributed by atoms with Gasteiger partial charge >= 0.3 is 0 Å². The highest BCUT2D eigenvalue weighted by atomic mass is 32.2. The minimum absolute atomic E-state index is 0.104. The average molecular weight is 467 g/mol. The largest absolute Gasteiger partial charge is 0.492 e. The number of sulfonamides is 1. The number of hydrogen-bond acceptors (Lipinski definition) is 4. The zero-order chi connectivity index (χ0) is 23.8. The van der Waals surface area contributed by atoms with Gasteiger partial charge in [-0.3, -0.25) is 9.10 Å². The molecule has 0 fully saturated rings. The van der Waals surface area contributed by atoms with Crippen LogP contribution >= 0.6 is 0 Å². The molecule has 0 unspecified atom stereocenters. The number of nitrogens with one attached hydrogen (secondary N) is 1. The van der Waals surface area contributed by atoms with Crippen LogP contribution in [-0.2, 0) is 21.2 Å². The Hall–Kier alpha value is -3.32. The molecule has 0 aliphatic rings. The van der Waals surface area contributed by atoms with Crippen LogP contribution in [0.25, 0.3) is 0 Å². The molecule has 1 N–H and O–H groups in total. The standard InChI is InChI=1S/C26H30N2O4S/c1-4-21-15-17-22(18-16-21)20(3)27-26(29)19-28(24-13-9-10-14-25(24)32-5-2)33(30,31)23-11-7-6-8-12-23/h6-18,20H,4-5,19H2,1-3H3,(H,27,29)/t20-/m1/s1. The summed E-state index contributed by atoms with van der Waals surface area (Å²) < 4.78 is 33.9. The predicted octanol–water partition coefficient (Wildman–Crippen LogP) is 4.72. The van der Waals surface area contributed by atoms with Crippen molar-refractivity contribution in [1.82, 2.24) is 5.32 Å². The lowest BCUT2D eigenvalue weighted by molar-refractivity contribution is -0.120. The summed E-state index contributed by atoms with van der Waals surface area (Å²) in [5.41, 5.74) is 2.48. The van der Waals surface area contributed by atoms with E-state index in [1.165, 1.54) is 17.7 Å². The van der Waals surface area contributed by atoms with Gasteiger partial charge < -0.3 is 10.1 Å². The molecule has 0 aliphatic carbocycles. The Labute approximate surface area is 196 Å². The van der Waals surface area contributed by atoms with Crippen molar-refractivity contribution in [1.29, 1.82) is 0 Å². The van der Waals surface area contributed by atoms with Crippen molar-refractivity contribution in [3.63, 3.8) is 0 Å². The molecule has 0 heterocycles. The second kappa shape index (κ2) is 11.0. The van der Waals surface area contributed by atoms with Crippen LogP contribution in [-0.4, -0.2) is 27.5 Å². The number of carbonyl (C=O) groups excluding carboxylic acids is 1. The summed E-state index contributed by atoms with van der Waals surface area (Å²) in [7, 11) is -4.01. The van der Waals surface area contributed by atoms with E-state index in [4.69, 9.17) is 4.74 Å². The molecule has 0 spiro atoms. The van der Waals surface area contributed by atoms with Crippen molar-refractivity contribution < 1.29 is 17.9 Å². The highest BCUT2D eigenvalue weighted by molar-refractivity contribution is 7.92. The maximum absolute atomic E-state index is 13.5. The van der Waals surface area contributed by atoms with Crippen molar-refractivity contribution in [3.05, 3.63) is 90.0 Å². The maximum atomic E-state index is 13.5. The zero-order valence-electron chi connectivity index (χ0n) is 19.2. The van der Waals surface area contributed by atoms with Gasteiger partial charge in [0.05, 0.1) is 23.2 Å². The highest BCUT2D eigenvalue weighted by Gasteiger charge is 2.29. The molecule has 0 bridgehead atoms. The van der Waals surface area contributed by atoms with Crippen LogP contribution in [0.2, 0.25) is 0 Å². The summed E-state index contributed by atoms with van der Waals surface area (Å²) in [5.74, 6) is -0.0108. The molecule has 3 aromatic rings. The van der Waals surface area contributed by atoms with E-state index in [9.17, 15) is 13.2 Å². The number of hydrogen-bond donors (Lipinski definition) is 1. The van der Waals surface area contributed by atoms with E-state index in [1.54, 1.807) is 42.5 Å². The number of ether oxygens (including phenoxy) is 1. The fourth-order valence-corrected chi connectivity index (χ4v) is 4.96. The van der Waals surface area contributed by atoms with Gasteiger partial charge in [0.1, 0.15) is 12.3 Å². The van der Waals surface area contributed by atoms with Gasteiger partial charge in [-0.15, -0.1) is 0 Å². The molecule has 0 aliphatic heterocycles. The van der Waals surface area contributed by atoms with Gasteiger partial charge in [-0.05, 0) is 55.7 Å². The molecule has 3 rings (SSSR count). The van der Waals surface area contributed by atoms with E-state index in [-0.39, 0.29) is 17.5 Å². The maximum Gasteiger partial charge on any atom is 0.264 e. The van der Waals surface area contributed by atoms with Gasteiger partial charge in [0, 0.05) is 0 Å². The first kappa shape index (κ1) is 24.3. The Balaban J connectivity index is 1.90. The molecule has 0 aromatic heterocycles. The summed E-state index contributed by atoms with van der Waals surface area (Å²) in [6.45, 7) is 5.78. The number of aryl methyl sites for hydroxylation is 1. The van der Waals surface area contributed by atoms with Crippen molar-refractivity contribution in [2.24, 2.45) is 0 Å². The number of carbonyl (C=O) groups is 1. The van der Waals surface area contributed by atoms with Gasteiger partial charge in [0.2, 0.25) is 5.91 Å². The molecule has 1 atom stereocenters. The lowest BCUT2D eigenvalue weighted by atomic mass is 10.1. The van der Waals surface area contributed by atoms with E-state index in [1.807, 2.05) is 38.1 Å². The second-order valence-electron chi connectivity index (χ2n) is 7.61. The smallest absolute Gasteiger partial charge is 0.264 e. The van der Waals surface area contributed by atoms with E-state index in [0.717, 1.165) is 16.3 Å². The summed E-state index contributed by atoms with van der Waals surface area (Å²) in [4.78, 5) is 13.1. The normalized spacial score (nSPS) is 12.1. The number of benzene rings is 3. The first-order valence-electron chi connectivity index (χ1n) is 11.0. The second-order valence-corrected chi connectivity index (χ2v) is 9.47. The monoisotopic (exact) mass is 466 g/mol. The van der Waals surface area contributed by atoms with Crippen LogP contribution in [0, 0.1) is 0 Å². The minimum Gasteiger partial charge on any atom is -0.492 e. The average Bonchev–Trinajstić information content (AvgIpc) is 2.83. The number of para-hydroxylation sites is 2. The Morgan fingerprint density at radius 2 is 1.58 bits per heavy atom. The van der Waals surface area contributed by atoms with Crippen LogP contribution in [0.3, 0.4) is 0 Å². The first-order valence-corrected chi connectivity index (χ1v) is 12.5. The van der Waals surface area contributed by atoms with E-state index in [0.29, 0.717) is 18.0 Å². The Morgan fingerprint density at radius 1 is 0.939 bits per heavy atom. The molecule has 3 aromatic carbocycles. The van der Waals surface area contributed by atoms with Gasteiger partial charge in [-0.1, -0.05) is 61.5 Å². The topological polar surface area (TPSA) is 75.7 Å². The zero-order valence-corrected chi connectivity index (χ0v) is 20.0. The molecule has 174 valence electrons. The van der Waals surface area contributed by atoms with Crippen molar-refractivity contribution in [2.45, 2.75) is 38.1 Å². The van der Waals surface area contributed by atoms with Crippen LogP contribution in [0.4, 0.5) is 5.69 Å². The number of rotatable bonds is 10. The number of nitrogens with zero attached hydrogens (tertiary/aromatic N) is 1. The van der Waals surface area contributed by atoms with Crippen molar-refractivity contribution in [2.75, 3.05) is 17.5 Å². The summed E-state index contributed by atoms with van der Waals surface area (Å²) in [6.07, 6.45) is 0.937. The number of anilines is 1. The fourth-order valence-electron chi connectivity index (χ4n) is 3.50. The SMILES string of the molecule is CCOc1ccccc1N(CC(=O)N[C@H](C)c1ccc(CC)cc1)S(=O)(=O)c1ccccc1. The van der Waals surface area contributed by atoms with Gasteiger partial charge in [-0.25, -0.2) is 8.42 Å². The molecule has 0 radical (unpaired) electrons. The van der Waals surface area contributed by atoms with Gasteiger partial charge in [0.25, 0.3) is 10.0 Å². The van der Waals surface area contributed by atoms with Crippen molar-refractivity contribution in [3.8, 4) is 5.75 Å². The lowest BCUT2D eigenvalue weighted by Crippen LogP contribution is -2.41. The quantitative estimate of drug-likeness (QED) is 0.469. The van der Waals surface area contributed by atoms with Crippen LogP contribution in [0.15, 0.2) is 83.8 Å². The summed E-state index contributed by atoms with van der Waals surface area (Å²) in [6, 6.07) is 22.7. The van der Waals surface area contributed by atoms with E-state index >= 15 is 0 Å². The molecule has 33 heavy (non-hydrogen) atoms. The fraction of sp³-hybridized carbons (Fsp3) is 0.269. The summed E-state index contributed by atoms with van der Waals surface area (Å²) in [5, 5.41) is 2.92. The van der Waals surface area contributed by atoms with E-state index < -0.39 is 15.9 Å². The van der Waals surface area contributed by atoms with Gasteiger partial charge in [0.15, 0.2) is 0 Å². The predicted molar refractivity (Wildman–Crippen MR) is 131 cm³/mol. The third kappa shape index (κ3) is 5.93. The summed E-state index contributed by atoms with van der Waals surface area (Å²) >= 11 is 0. The van der Waals surface area contributed by atoms with Crippen molar-refractivity contribution >= 4 is 21.6 Å². The molecule has 0 saturated carbocycles. The Kier molecular flexibility index (Phi) is 8.11. The van der Waals surface area contributed by atoms with Crippen LogP contribution < -0.4 is 14.4 Å². The molecule has 1 amide bonds. The molecule has 0 saturated heterocycles. The number of amides is 1. The van der Waals surface area contributed by atoms with Crippen LogP contribution in [0.1, 0.15) is 37.9 Å².